The molecular weight excluding hydrogens is 452 g/mol. The Kier molecular flexibility index (Phi) is 8.31. The van der Waals surface area contributed by atoms with Crippen LogP contribution in [0.4, 0.5) is 0 Å². The quantitative estimate of drug-likeness (QED) is 0.279. The van der Waals surface area contributed by atoms with Crippen molar-refractivity contribution >= 4 is 12.3 Å². The molecule has 36 heavy (non-hydrogen) atoms. The molecule has 0 radical (unpaired) electrons. The Morgan fingerprint density at radius 1 is 0.972 bits per heavy atom. The largest absolute Gasteiger partial charge is 0.423 e. The summed E-state index contributed by atoms with van der Waals surface area (Å²) in [6.45, 7) is 2.11. The number of rotatable bonds is 9. The predicted molar refractivity (Wildman–Crippen MR) is 140 cm³/mol. The van der Waals surface area contributed by atoms with Crippen LogP contribution in [0, 0.1) is 0 Å². The van der Waals surface area contributed by atoms with Crippen molar-refractivity contribution < 1.29 is 19.4 Å². The Hall–Kier alpha value is -3.32. The van der Waals surface area contributed by atoms with Gasteiger partial charge in [-0.25, -0.2) is 4.79 Å². The van der Waals surface area contributed by atoms with E-state index in [2.05, 4.69) is 9.80 Å². The van der Waals surface area contributed by atoms with Gasteiger partial charge >= 0.3 is 5.97 Å². The number of benzene rings is 3. The molecule has 1 heterocycles. The van der Waals surface area contributed by atoms with Gasteiger partial charge in [0, 0.05) is 19.6 Å². The molecule has 4 rings (SSSR count). The summed E-state index contributed by atoms with van der Waals surface area (Å²) in [4.78, 5) is 28.6. The molecule has 0 amide bonds. The van der Waals surface area contributed by atoms with Crippen LogP contribution in [0.3, 0.4) is 0 Å². The van der Waals surface area contributed by atoms with Crippen molar-refractivity contribution in [3.63, 3.8) is 0 Å². The van der Waals surface area contributed by atoms with Crippen LogP contribution in [-0.4, -0.2) is 60.4 Å². The van der Waals surface area contributed by atoms with Gasteiger partial charge in [0.05, 0.1) is 17.2 Å². The second-order valence-corrected chi connectivity index (χ2v) is 9.81. The highest BCUT2D eigenvalue weighted by molar-refractivity contribution is 5.91. The normalized spacial score (nSPS) is 16.4. The van der Waals surface area contributed by atoms with Crippen molar-refractivity contribution in [1.82, 2.24) is 9.80 Å². The van der Waals surface area contributed by atoms with Crippen molar-refractivity contribution in [3.8, 4) is 5.75 Å². The summed E-state index contributed by atoms with van der Waals surface area (Å²) in [5, 5.41) is 11.1. The molecule has 0 spiro atoms. The zero-order valence-electron chi connectivity index (χ0n) is 21.0. The van der Waals surface area contributed by atoms with Gasteiger partial charge in [-0.2, -0.15) is 0 Å². The monoisotopic (exact) mass is 486 g/mol. The first-order valence-electron chi connectivity index (χ1n) is 12.4. The molecule has 0 saturated carbocycles. The van der Waals surface area contributed by atoms with Gasteiger partial charge in [-0.15, -0.1) is 0 Å². The van der Waals surface area contributed by atoms with E-state index in [9.17, 15) is 14.7 Å². The van der Waals surface area contributed by atoms with Crippen LogP contribution in [0.15, 0.2) is 78.9 Å². The van der Waals surface area contributed by atoms with Gasteiger partial charge in [0.2, 0.25) is 0 Å². The zero-order valence-corrected chi connectivity index (χ0v) is 21.0. The topological polar surface area (TPSA) is 70.1 Å². The summed E-state index contributed by atoms with van der Waals surface area (Å²) in [5.74, 6) is 0.0683. The van der Waals surface area contributed by atoms with Crippen LogP contribution in [0.5, 0.6) is 5.75 Å². The number of hydrogen-bond donors (Lipinski definition) is 1. The molecule has 1 saturated heterocycles. The van der Waals surface area contributed by atoms with Gasteiger partial charge < -0.3 is 19.5 Å². The minimum Gasteiger partial charge on any atom is -0.423 e. The van der Waals surface area contributed by atoms with Crippen molar-refractivity contribution in [2.24, 2.45) is 0 Å². The molecule has 6 nitrogen and oxygen atoms in total. The fraction of sp³-hybridized carbons (Fsp3) is 0.333. The fourth-order valence-corrected chi connectivity index (χ4v) is 4.74. The lowest BCUT2D eigenvalue weighted by Gasteiger charge is -2.40. The van der Waals surface area contributed by atoms with Crippen LogP contribution in [0.25, 0.3) is 0 Å². The minimum absolute atomic E-state index is 0.264. The van der Waals surface area contributed by atoms with Crippen molar-refractivity contribution in [1.29, 1.82) is 0 Å². The second kappa shape index (κ2) is 11.6. The van der Waals surface area contributed by atoms with E-state index in [4.69, 9.17) is 4.74 Å². The van der Waals surface area contributed by atoms with E-state index in [1.165, 1.54) is 0 Å². The van der Waals surface area contributed by atoms with E-state index < -0.39 is 11.6 Å². The van der Waals surface area contributed by atoms with Crippen LogP contribution in [0.1, 0.15) is 39.9 Å². The standard InChI is InChI=1S/C30H34N2O4/c1-31(2)21-24-8-12-25(13-9-24)29(34)36-28-14-10-23(11-15-28)20-27(22-33)32-18-16-30(35,17-19-32)26-6-4-3-5-7-26/h3-15,22,27,35H,16-21H2,1-2H3. The molecule has 3 aromatic carbocycles. The number of nitrogens with zero attached hydrogens (tertiary/aromatic N) is 2. The molecule has 1 N–H and O–H groups in total. The lowest BCUT2D eigenvalue weighted by molar-refractivity contribution is -0.114. The first kappa shape index (κ1) is 25.8. The van der Waals surface area contributed by atoms with E-state index in [0.29, 0.717) is 43.7 Å². The van der Waals surface area contributed by atoms with Gasteiger partial charge in [0.15, 0.2) is 0 Å². The lowest BCUT2D eigenvalue weighted by Crippen LogP contribution is -2.48. The second-order valence-electron chi connectivity index (χ2n) is 9.81. The van der Waals surface area contributed by atoms with E-state index in [-0.39, 0.29) is 6.04 Å². The first-order chi connectivity index (χ1) is 17.4. The Bertz CT molecular complexity index is 1140. The molecule has 1 atom stereocenters. The van der Waals surface area contributed by atoms with Crippen LogP contribution < -0.4 is 4.74 Å². The summed E-state index contributed by atoms with van der Waals surface area (Å²) < 4.78 is 5.53. The Morgan fingerprint density at radius 2 is 1.58 bits per heavy atom. The molecule has 6 heteroatoms. The Balaban J connectivity index is 1.31. The van der Waals surface area contributed by atoms with Crippen molar-refractivity contribution in [2.75, 3.05) is 27.2 Å². The van der Waals surface area contributed by atoms with Crippen molar-refractivity contribution in [3.05, 3.63) is 101 Å². The van der Waals surface area contributed by atoms with Gasteiger partial charge in [0.25, 0.3) is 0 Å². The molecule has 1 fully saturated rings. The molecular formula is C30H34N2O4. The maximum Gasteiger partial charge on any atom is 0.343 e. The molecule has 1 aliphatic heterocycles. The van der Waals surface area contributed by atoms with E-state index in [0.717, 1.165) is 29.5 Å². The molecule has 188 valence electrons. The average molecular weight is 487 g/mol. The van der Waals surface area contributed by atoms with Crippen LogP contribution in [0.2, 0.25) is 0 Å². The molecule has 0 aromatic heterocycles. The van der Waals surface area contributed by atoms with E-state index in [1.807, 2.05) is 68.7 Å². The fourth-order valence-electron chi connectivity index (χ4n) is 4.74. The maximum atomic E-state index is 12.5. The number of ether oxygens (including phenoxy) is 1. The maximum absolute atomic E-state index is 12.5. The van der Waals surface area contributed by atoms with Crippen LogP contribution in [-0.2, 0) is 23.4 Å². The number of aldehydes is 1. The van der Waals surface area contributed by atoms with Gasteiger partial charge in [-0.3, -0.25) is 4.90 Å². The van der Waals surface area contributed by atoms with Gasteiger partial charge in [0.1, 0.15) is 12.0 Å². The Labute approximate surface area is 213 Å². The smallest absolute Gasteiger partial charge is 0.343 e. The van der Waals surface area contributed by atoms with E-state index in [1.54, 1.807) is 24.3 Å². The third-order valence-corrected chi connectivity index (χ3v) is 6.83. The third-order valence-electron chi connectivity index (χ3n) is 6.83. The van der Waals surface area contributed by atoms with Gasteiger partial charge in [-0.05, 0) is 74.3 Å². The van der Waals surface area contributed by atoms with Gasteiger partial charge in [-0.1, -0.05) is 54.6 Å². The summed E-state index contributed by atoms with van der Waals surface area (Å²) in [6, 6.07) is 24.2. The molecule has 3 aromatic rings. The summed E-state index contributed by atoms with van der Waals surface area (Å²) in [6.07, 6.45) is 2.73. The summed E-state index contributed by atoms with van der Waals surface area (Å²) >= 11 is 0. The number of carbonyl (C=O) groups excluding carboxylic acids is 2. The molecule has 0 bridgehead atoms. The minimum atomic E-state index is -0.844. The highest BCUT2D eigenvalue weighted by atomic mass is 16.5. The number of hydrogen-bond acceptors (Lipinski definition) is 6. The number of aliphatic hydroxyl groups is 1. The van der Waals surface area contributed by atoms with Crippen LogP contribution >= 0.6 is 0 Å². The average Bonchev–Trinajstić information content (AvgIpc) is 2.89. The first-order valence-corrected chi connectivity index (χ1v) is 12.4. The summed E-state index contributed by atoms with van der Waals surface area (Å²) in [7, 11) is 4.00. The van der Waals surface area contributed by atoms with Crippen molar-refractivity contribution in [2.45, 2.75) is 37.5 Å². The highest BCUT2D eigenvalue weighted by Gasteiger charge is 2.35. The zero-order chi connectivity index (χ0) is 25.5. The van der Waals surface area contributed by atoms with E-state index >= 15 is 0 Å². The molecule has 1 aliphatic rings. The molecule has 1 unspecified atom stereocenters. The number of likely N-dealkylation sites (tertiary alicyclic amines) is 1. The number of esters is 1. The lowest BCUT2D eigenvalue weighted by atomic mass is 9.84. The SMILES string of the molecule is CN(C)Cc1ccc(C(=O)Oc2ccc(CC(C=O)N3CCC(O)(c4ccccc4)CC3)cc2)cc1. The number of carbonyl (C=O) groups is 2. The number of piperidine rings is 1. The third kappa shape index (κ3) is 6.46. The highest BCUT2D eigenvalue weighted by Crippen LogP contribution is 2.33. The molecule has 0 aliphatic carbocycles. The Morgan fingerprint density at radius 3 is 2.17 bits per heavy atom. The summed E-state index contributed by atoms with van der Waals surface area (Å²) in [5.41, 5.74) is 2.71. The predicted octanol–water partition coefficient (Wildman–Crippen LogP) is 4.06.